The van der Waals surface area contributed by atoms with E-state index in [-0.39, 0.29) is 17.2 Å². The van der Waals surface area contributed by atoms with E-state index in [2.05, 4.69) is 22.6 Å². The van der Waals surface area contributed by atoms with Crippen molar-refractivity contribution < 1.29 is 19.2 Å². The van der Waals surface area contributed by atoms with Gasteiger partial charge in [0.1, 0.15) is 5.75 Å². The van der Waals surface area contributed by atoms with Crippen molar-refractivity contribution in [2.24, 2.45) is 0 Å². The summed E-state index contributed by atoms with van der Waals surface area (Å²) in [6.07, 6.45) is 1.28. The minimum atomic E-state index is -4.02. The third kappa shape index (κ3) is 3.12. The molecule has 1 aromatic heterocycles. The molecule has 0 saturated heterocycles. The van der Waals surface area contributed by atoms with Crippen molar-refractivity contribution in [3.63, 3.8) is 0 Å². The Labute approximate surface area is 140 Å². The highest BCUT2D eigenvalue weighted by atomic mass is 127. The van der Waals surface area contributed by atoms with Gasteiger partial charge in [0.25, 0.3) is 0 Å². The quantitative estimate of drug-likeness (QED) is 0.436. The Morgan fingerprint density at radius 2 is 1.82 bits per heavy atom. The van der Waals surface area contributed by atoms with Crippen LogP contribution in [0.1, 0.15) is 0 Å². The van der Waals surface area contributed by atoms with Crippen molar-refractivity contribution in [2.45, 2.75) is 0 Å². The number of aromatic nitrogens is 1. The van der Waals surface area contributed by atoms with Crippen LogP contribution in [0.4, 0.5) is 0 Å². The molecule has 116 valence electrons. The topological polar surface area (TPSA) is 107 Å². The summed E-state index contributed by atoms with van der Waals surface area (Å²) >= 11 is 2.13. The Morgan fingerprint density at radius 3 is 2.50 bits per heavy atom. The lowest BCUT2D eigenvalue weighted by molar-refractivity contribution is 0.248. The van der Waals surface area contributed by atoms with Crippen LogP contribution in [0, 0.1) is 3.57 Å². The first-order valence-corrected chi connectivity index (χ1v) is 8.71. The minimum absolute atomic E-state index is 0. The number of halogens is 1. The van der Waals surface area contributed by atoms with E-state index < -0.39 is 7.60 Å². The van der Waals surface area contributed by atoms with Crippen LogP contribution in [0.15, 0.2) is 54.7 Å². The van der Waals surface area contributed by atoms with Crippen molar-refractivity contribution in [3.8, 4) is 5.75 Å². The Bertz CT molecular complexity index is 851. The summed E-state index contributed by atoms with van der Waals surface area (Å²) in [7, 11) is -4.02. The number of benzene rings is 2. The molecule has 0 amide bonds. The van der Waals surface area contributed by atoms with Gasteiger partial charge < -0.3 is 20.8 Å². The Hall–Kier alpha value is -1.54. The summed E-state index contributed by atoms with van der Waals surface area (Å²) in [5.41, 5.74) is 0.526. The monoisotopic (exact) mass is 432 g/mol. The normalized spacial score (nSPS) is 13.4. The standard InChI is InChI=1S/C14H11INO4P.H3N/c15-10-6-7-13-12(8-10)14(17)9-16(13)20-21(18,19)11-4-2-1-3-5-11;/h1-9,17H,(H,18,19);1H3. The van der Waals surface area contributed by atoms with Crippen molar-refractivity contribution in [3.05, 3.63) is 58.3 Å². The van der Waals surface area contributed by atoms with Crippen LogP contribution >= 0.6 is 30.2 Å². The highest BCUT2D eigenvalue weighted by molar-refractivity contribution is 14.1. The Kier molecular flexibility index (Phi) is 4.81. The number of hydrogen-bond acceptors (Lipinski definition) is 4. The average molecular weight is 432 g/mol. The number of hydrogen-bond donors (Lipinski definition) is 3. The van der Waals surface area contributed by atoms with Gasteiger partial charge in [0, 0.05) is 8.96 Å². The van der Waals surface area contributed by atoms with Gasteiger partial charge in [0.05, 0.1) is 17.0 Å². The second-order valence-corrected chi connectivity index (χ2v) is 7.41. The number of nitrogens with zero attached hydrogens (tertiary/aromatic N) is 1. The molecule has 0 aliphatic carbocycles. The highest BCUT2D eigenvalue weighted by Crippen LogP contribution is 2.39. The van der Waals surface area contributed by atoms with Gasteiger partial charge in [0.2, 0.25) is 0 Å². The predicted octanol–water partition coefficient (Wildman–Crippen LogP) is 3.05. The summed E-state index contributed by atoms with van der Waals surface area (Å²) in [5, 5.41) is 10.7. The molecule has 2 aromatic carbocycles. The second-order valence-electron chi connectivity index (χ2n) is 4.44. The minimum Gasteiger partial charge on any atom is -0.506 e. The molecule has 5 N–H and O–H groups in total. The zero-order chi connectivity index (χ0) is 15.0. The molecule has 0 radical (unpaired) electrons. The van der Waals surface area contributed by atoms with Crippen LogP contribution in [-0.2, 0) is 4.57 Å². The van der Waals surface area contributed by atoms with E-state index in [1.165, 1.54) is 18.3 Å². The molecule has 0 saturated carbocycles. The van der Waals surface area contributed by atoms with Gasteiger partial charge in [-0.2, -0.15) is 4.73 Å². The van der Waals surface area contributed by atoms with Crippen LogP contribution < -0.4 is 16.1 Å². The molecule has 22 heavy (non-hydrogen) atoms. The molecule has 0 fully saturated rings. The first kappa shape index (κ1) is 16.8. The lowest BCUT2D eigenvalue weighted by Gasteiger charge is -2.14. The fourth-order valence-electron chi connectivity index (χ4n) is 2.01. The third-order valence-corrected chi connectivity index (χ3v) is 5.01. The highest BCUT2D eigenvalue weighted by Gasteiger charge is 2.25. The Balaban J connectivity index is 0.00000176. The van der Waals surface area contributed by atoms with Gasteiger partial charge in [-0.05, 0) is 52.9 Å². The predicted molar refractivity (Wildman–Crippen MR) is 93.8 cm³/mol. The molecular weight excluding hydrogens is 418 g/mol. The SMILES string of the molecule is N.O=P(O)(On1cc(O)c2cc(I)ccc21)c1ccccc1. The van der Waals surface area contributed by atoms with Crippen molar-refractivity contribution >= 4 is 46.4 Å². The summed E-state index contributed by atoms with van der Waals surface area (Å²) in [4.78, 5) is 10.1. The fourth-order valence-corrected chi connectivity index (χ4v) is 3.51. The average Bonchev–Trinajstić information content (AvgIpc) is 2.75. The maximum Gasteiger partial charge on any atom is 0.426 e. The van der Waals surface area contributed by atoms with E-state index in [0.717, 1.165) is 8.30 Å². The smallest absolute Gasteiger partial charge is 0.426 e. The first-order chi connectivity index (χ1) is 9.97. The number of rotatable bonds is 3. The van der Waals surface area contributed by atoms with Gasteiger partial charge in [-0.25, -0.2) is 4.57 Å². The molecular formula is C14H14IN2O4P. The third-order valence-electron chi connectivity index (χ3n) is 2.99. The molecule has 3 aromatic rings. The summed E-state index contributed by atoms with van der Waals surface area (Å²) < 4.78 is 19.6. The molecule has 1 atom stereocenters. The van der Waals surface area contributed by atoms with Gasteiger partial charge in [-0.15, -0.1) is 0 Å². The zero-order valence-corrected chi connectivity index (χ0v) is 14.4. The van der Waals surface area contributed by atoms with Gasteiger partial charge in [-0.1, -0.05) is 18.2 Å². The molecule has 0 aliphatic rings. The van der Waals surface area contributed by atoms with E-state index in [4.69, 9.17) is 4.62 Å². The molecule has 0 bridgehead atoms. The molecule has 3 rings (SSSR count). The van der Waals surface area contributed by atoms with Gasteiger partial charge in [-0.3, -0.25) is 0 Å². The molecule has 1 unspecified atom stereocenters. The van der Waals surface area contributed by atoms with Crippen molar-refractivity contribution in [1.82, 2.24) is 10.9 Å². The lowest BCUT2D eigenvalue weighted by atomic mass is 10.2. The molecule has 0 aliphatic heterocycles. The van der Waals surface area contributed by atoms with E-state index in [9.17, 15) is 14.6 Å². The van der Waals surface area contributed by atoms with Crippen LogP contribution in [0.5, 0.6) is 5.75 Å². The van der Waals surface area contributed by atoms with Crippen molar-refractivity contribution in [1.29, 1.82) is 0 Å². The summed E-state index contributed by atoms with van der Waals surface area (Å²) in [6.45, 7) is 0. The molecule has 6 nitrogen and oxygen atoms in total. The molecule has 1 heterocycles. The van der Waals surface area contributed by atoms with E-state index in [1.54, 1.807) is 30.3 Å². The van der Waals surface area contributed by atoms with Crippen LogP contribution in [-0.4, -0.2) is 14.7 Å². The number of aromatic hydroxyl groups is 1. The first-order valence-electron chi connectivity index (χ1n) is 6.05. The summed E-state index contributed by atoms with van der Waals surface area (Å²) in [6, 6.07) is 13.4. The van der Waals surface area contributed by atoms with Crippen LogP contribution in [0.2, 0.25) is 0 Å². The fraction of sp³-hybridized carbons (Fsp3) is 0. The summed E-state index contributed by atoms with van der Waals surface area (Å²) in [5.74, 6) is -0.00317. The van der Waals surface area contributed by atoms with Gasteiger partial charge >= 0.3 is 7.60 Å². The van der Waals surface area contributed by atoms with E-state index in [0.29, 0.717) is 10.9 Å². The maximum absolute atomic E-state index is 12.3. The number of fused-ring (bicyclic) bond motifs is 1. The van der Waals surface area contributed by atoms with Gasteiger partial charge in [0.15, 0.2) is 0 Å². The molecule has 0 spiro atoms. The zero-order valence-electron chi connectivity index (χ0n) is 11.4. The Morgan fingerprint density at radius 1 is 1.14 bits per heavy atom. The van der Waals surface area contributed by atoms with Crippen molar-refractivity contribution in [2.75, 3.05) is 0 Å². The second kappa shape index (κ2) is 6.29. The lowest BCUT2D eigenvalue weighted by Crippen LogP contribution is -2.15. The van der Waals surface area contributed by atoms with E-state index in [1.807, 2.05) is 6.07 Å². The largest absolute Gasteiger partial charge is 0.506 e. The van der Waals surface area contributed by atoms with Crippen LogP contribution in [0.25, 0.3) is 10.9 Å². The molecule has 8 heteroatoms. The van der Waals surface area contributed by atoms with E-state index >= 15 is 0 Å². The van der Waals surface area contributed by atoms with Crippen LogP contribution in [0.3, 0.4) is 0 Å². The maximum atomic E-state index is 12.3.